The van der Waals surface area contributed by atoms with Gasteiger partial charge in [0.25, 0.3) is 5.91 Å². The first kappa shape index (κ1) is 17.7. The number of carbonyl (C=O) groups excluding carboxylic acids is 2. The van der Waals surface area contributed by atoms with E-state index >= 15 is 0 Å². The fourth-order valence-corrected chi connectivity index (χ4v) is 2.77. The number of rotatable bonds is 4. The summed E-state index contributed by atoms with van der Waals surface area (Å²) in [6.45, 7) is 5.47. The highest BCUT2D eigenvalue weighted by Gasteiger charge is 2.23. The minimum atomic E-state index is -0.549. The van der Waals surface area contributed by atoms with Gasteiger partial charge in [-0.1, -0.05) is 0 Å². The normalized spacial score (nSPS) is 15.7. The summed E-state index contributed by atoms with van der Waals surface area (Å²) in [6.07, 6.45) is -0.421. The molecule has 3 rings (SSSR count). The van der Waals surface area contributed by atoms with Crippen LogP contribution >= 0.6 is 0 Å². The molecule has 1 aliphatic heterocycles. The third kappa shape index (κ3) is 3.74. The predicted molar refractivity (Wildman–Crippen MR) is 96.4 cm³/mol. The number of hydrogen-bond acceptors (Lipinski definition) is 5. The van der Waals surface area contributed by atoms with Gasteiger partial charge in [0, 0.05) is 30.0 Å². The van der Waals surface area contributed by atoms with Crippen molar-refractivity contribution in [2.75, 3.05) is 10.6 Å². The van der Waals surface area contributed by atoms with Crippen molar-refractivity contribution in [2.45, 2.75) is 39.8 Å². The van der Waals surface area contributed by atoms with Crippen molar-refractivity contribution in [3.63, 3.8) is 0 Å². The molecule has 0 radical (unpaired) electrons. The monoisotopic (exact) mass is 356 g/mol. The van der Waals surface area contributed by atoms with Crippen LogP contribution in [0.25, 0.3) is 0 Å². The molecule has 0 fully saturated rings. The van der Waals surface area contributed by atoms with Crippen LogP contribution in [0.15, 0.2) is 29.1 Å². The average molecular weight is 356 g/mol. The van der Waals surface area contributed by atoms with Crippen molar-refractivity contribution < 1.29 is 14.3 Å². The Morgan fingerprint density at radius 1 is 1.31 bits per heavy atom. The molecule has 2 amide bonds. The van der Waals surface area contributed by atoms with E-state index in [2.05, 4.69) is 15.6 Å². The number of aryl methyl sites for hydroxylation is 2. The van der Waals surface area contributed by atoms with Gasteiger partial charge in [-0.15, -0.1) is 0 Å². The molecule has 1 atom stereocenters. The number of benzene rings is 1. The molecule has 0 aliphatic carbocycles. The van der Waals surface area contributed by atoms with E-state index in [4.69, 9.17) is 4.74 Å². The predicted octanol–water partition coefficient (Wildman–Crippen LogP) is 1.61. The van der Waals surface area contributed by atoms with Crippen molar-refractivity contribution in [3.05, 3.63) is 46.1 Å². The molecule has 0 unspecified atom stereocenters. The molecular weight excluding hydrogens is 336 g/mol. The van der Waals surface area contributed by atoms with E-state index in [-0.39, 0.29) is 30.5 Å². The molecular formula is C18H20N4O4. The molecule has 0 spiro atoms. The Balaban J connectivity index is 1.65. The highest BCUT2D eigenvalue weighted by Crippen LogP contribution is 2.32. The first-order valence-electron chi connectivity index (χ1n) is 8.30. The first-order valence-corrected chi connectivity index (χ1v) is 8.30. The van der Waals surface area contributed by atoms with Gasteiger partial charge in [0.05, 0.1) is 5.69 Å². The molecule has 1 aromatic carbocycles. The number of ether oxygens (including phenoxy) is 1. The topological polar surface area (TPSA) is 102 Å². The summed E-state index contributed by atoms with van der Waals surface area (Å²) in [4.78, 5) is 39.7. The lowest BCUT2D eigenvalue weighted by Gasteiger charge is -2.23. The smallest absolute Gasteiger partial charge is 0.347 e. The van der Waals surface area contributed by atoms with Crippen LogP contribution in [-0.2, 0) is 16.1 Å². The number of nitrogens with one attached hydrogen (secondary N) is 2. The van der Waals surface area contributed by atoms with Crippen LogP contribution in [0.3, 0.4) is 0 Å². The molecule has 26 heavy (non-hydrogen) atoms. The fourth-order valence-electron chi connectivity index (χ4n) is 2.77. The lowest BCUT2D eigenvalue weighted by molar-refractivity contribution is -0.122. The van der Waals surface area contributed by atoms with Gasteiger partial charge in [-0.2, -0.15) is 4.98 Å². The molecule has 1 aliphatic rings. The molecule has 0 saturated heterocycles. The Hall–Kier alpha value is -3.16. The Labute approximate surface area is 150 Å². The summed E-state index contributed by atoms with van der Waals surface area (Å²) in [5, 5.41) is 5.49. The highest BCUT2D eigenvalue weighted by molar-refractivity contribution is 5.99. The SMILES string of the molecule is Cc1cc(C)n(CCC(=O)Nc2ccc3c(c2)NC(=O)[C@@H](C)O3)c(=O)n1. The van der Waals surface area contributed by atoms with Gasteiger partial charge in [-0.05, 0) is 45.0 Å². The van der Waals surface area contributed by atoms with Crippen molar-refractivity contribution >= 4 is 23.2 Å². The third-order valence-electron chi connectivity index (χ3n) is 4.10. The Kier molecular flexibility index (Phi) is 4.75. The maximum Gasteiger partial charge on any atom is 0.347 e. The zero-order valence-electron chi connectivity index (χ0n) is 14.8. The minimum absolute atomic E-state index is 0.127. The van der Waals surface area contributed by atoms with Crippen LogP contribution in [0.5, 0.6) is 5.75 Å². The second-order valence-electron chi connectivity index (χ2n) is 6.23. The van der Waals surface area contributed by atoms with Crippen molar-refractivity contribution in [1.29, 1.82) is 0 Å². The van der Waals surface area contributed by atoms with E-state index in [1.807, 2.05) is 0 Å². The molecule has 1 aromatic heterocycles. The highest BCUT2D eigenvalue weighted by atomic mass is 16.5. The average Bonchev–Trinajstić information content (AvgIpc) is 2.55. The van der Waals surface area contributed by atoms with Gasteiger partial charge in [-0.25, -0.2) is 4.79 Å². The lowest BCUT2D eigenvalue weighted by Crippen LogP contribution is -2.34. The number of anilines is 2. The largest absolute Gasteiger partial charge is 0.479 e. The van der Waals surface area contributed by atoms with Gasteiger partial charge in [0.15, 0.2) is 6.10 Å². The molecule has 8 heteroatoms. The quantitative estimate of drug-likeness (QED) is 0.866. The zero-order chi connectivity index (χ0) is 18.8. The molecule has 0 saturated carbocycles. The maximum absolute atomic E-state index is 12.2. The van der Waals surface area contributed by atoms with Crippen LogP contribution < -0.4 is 21.1 Å². The van der Waals surface area contributed by atoms with Gasteiger partial charge >= 0.3 is 5.69 Å². The van der Waals surface area contributed by atoms with Crippen molar-refractivity contribution in [1.82, 2.24) is 9.55 Å². The number of nitrogens with zero attached hydrogens (tertiary/aromatic N) is 2. The van der Waals surface area contributed by atoms with Gasteiger partial charge < -0.3 is 15.4 Å². The Bertz CT molecular complexity index is 935. The van der Waals surface area contributed by atoms with Crippen LogP contribution in [0, 0.1) is 13.8 Å². The number of amides is 2. The van der Waals surface area contributed by atoms with Crippen LogP contribution in [0.1, 0.15) is 24.7 Å². The summed E-state index contributed by atoms with van der Waals surface area (Å²) in [6, 6.07) is 6.83. The Morgan fingerprint density at radius 3 is 2.81 bits per heavy atom. The number of fused-ring (bicyclic) bond motifs is 1. The Morgan fingerprint density at radius 2 is 2.08 bits per heavy atom. The molecule has 0 bridgehead atoms. The van der Waals surface area contributed by atoms with Gasteiger partial charge in [-0.3, -0.25) is 14.2 Å². The molecule has 8 nitrogen and oxygen atoms in total. The van der Waals surface area contributed by atoms with E-state index in [1.165, 1.54) is 4.57 Å². The number of carbonyl (C=O) groups is 2. The molecule has 2 aromatic rings. The molecule has 2 heterocycles. The van der Waals surface area contributed by atoms with E-state index in [0.29, 0.717) is 22.8 Å². The van der Waals surface area contributed by atoms with E-state index in [0.717, 1.165) is 5.69 Å². The number of hydrogen-bond donors (Lipinski definition) is 2. The van der Waals surface area contributed by atoms with Crippen LogP contribution in [0.2, 0.25) is 0 Å². The van der Waals surface area contributed by atoms with E-state index in [1.54, 1.807) is 45.0 Å². The summed E-state index contributed by atoms with van der Waals surface area (Å²) < 4.78 is 6.94. The van der Waals surface area contributed by atoms with Crippen molar-refractivity contribution in [3.8, 4) is 5.75 Å². The van der Waals surface area contributed by atoms with Gasteiger partial charge in [0.2, 0.25) is 5.91 Å². The van der Waals surface area contributed by atoms with E-state index < -0.39 is 6.10 Å². The maximum atomic E-state index is 12.2. The minimum Gasteiger partial charge on any atom is -0.479 e. The standard InChI is InChI=1S/C18H20N4O4/c1-10-8-11(2)22(18(25)19-10)7-6-16(23)20-13-4-5-15-14(9-13)21-17(24)12(3)26-15/h4-5,8-9,12H,6-7H2,1-3H3,(H,20,23)(H,21,24)/t12-/m1/s1. The van der Waals surface area contributed by atoms with Crippen LogP contribution in [0.4, 0.5) is 11.4 Å². The third-order valence-corrected chi connectivity index (χ3v) is 4.10. The second-order valence-corrected chi connectivity index (χ2v) is 6.23. The molecule has 2 N–H and O–H groups in total. The fraction of sp³-hybridized carbons (Fsp3) is 0.333. The summed E-state index contributed by atoms with van der Waals surface area (Å²) in [5.74, 6) is 0.0824. The van der Waals surface area contributed by atoms with Crippen LogP contribution in [-0.4, -0.2) is 27.5 Å². The summed E-state index contributed by atoms with van der Waals surface area (Å²) in [5.41, 5.74) is 2.11. The zero-order valence-corrected chi connectivity index (χ0v) is 14.8. The first-order chi connectivity index (χ1) is 12.3. The van der Waals surface area contributed by atoms with E-state index in [9.17, 15) is 14.4 Å². The van der Waals surface area contributed by atoms with Crippen molar-refractivity contribution in [2.24, 2.45) is 0 Å². The summed E-state index contributed by atoms with van der Waals surface area (Å²) in [7, 11) is 0. The van der Waals surface area contributed by atoms with Gasteiger partial charge in [0.1, 0.15) is 5.75 Å². The molecule has 136 valence electrons. The summed E-state index contributed by atoms with van der Waals surface area (Å²) >= 11 is 0. The second kappa shape index (κ2) is 6.99. The lowest BCUT2D eigenvalue weighted by atomic mass is 10.2. The number of aromatic nitrogens is 2.